The van der Waals surface area contributed by atoms with E-state index in [1.807, 2.05) is 20.2 Å². The molecule has 2 amide bonds. The van der Waals surface area contributed by atoms with Gasteiger partial charge in [0, 0.05) is 37.3 Å². The Bertz CT molecular complexity index is 843. The van der Waals surface area contributed by atoms with E-state index in [0.717, 1.165) is 17.0 Å². The highest BCUT2D eigenvalue weighted by Crippen LogP contribution is 2.25. The van der Waals surface area contributed by atoms with Crippen molar-refractivity contribution in [3.8, 4) is 0 Å². The molecule has 3 N–H and O–H groups in total. The molecule has 0 spiro atoms. The number of hydrogen-bond acceptors (Lipinski definition) is 6. The molecule has 9 heteroatoms. The van der Waals surface area contributed by atoms with Gasteiger partial charge in [0.25, 0.3) is 0 Å². The van der Waals surface area contributed by atoms with Crippen molar-refractivity contribution in [2.75, 3.05) is 0 Å². The summed E-state index contributed by atoms with van der Waals surface area (Å²) in [6.45, 7) is 4.11. The largest absolute Gasteiger partial charge is 0.391 e. The second-order valence-electron chi connectivity index (χ2n) is 7.49. The van der Waals surface area contributed by atoms with Crippen LogP contribution in [-0.4, -0.2) is 44.0 Å². The fourth-order valence-electron chi connectivity index (χ4n) is 3.62. The summed E-state index contributed by atoms with van der Waals surface area (Å²) in [6.07, 6.45) is 2.69. The predicted octanol–water partition coefficient (Wildman–Crippen LogP) is 0.530. The van der Waals surface area contributed by atoms with Crippen LogP contribution in [0, 0.1) is 19.8 Å². The van der Waals surface area contributed by atoms with Gasteiger partial charge in [0.15, 0.2) is 0 Å². The lowest BCUT2D eigenvalue weighted by molar-refractivity contribution is -0.128. The molecule has 2 aromatic rings. The van der Waals surface area contributed by atoms with Crippen molar-refractivity contribution < 1.29 is 19.2 Å². The molecule has 0 bridgehead atoms. The highest BCUT2D eigenvalue weighted by molar-refractivity contribution is 5.79. The Hall–Kier alpha value is -2.68. The highest BCUT2D eigenvalue weighted by Gasteiger charge is 2.33. The summed E-state index contributed by atoms with van der Waals surface area (Å²) in [5.74, 6) is -0.0836. The first-order valence-electron chi connectivity index (χ1n) is 9.48. The number of aliphatic hydroxyl groups is 1. The molecule has 0 radical (unpaired) electrons. The predicted molar refractivity (Wildman–Crippen MR) is 100 cm³/mol. The maximum absolute atomic E-state index is 12.5. The highest BCUT2D eigenvalue weighted by atomic mass is 16.5. The average molecular weight is 389 g/mol. The van der Waals surface area contributed by atoms with Crippen molar-refractivity contribution in [1.29, 1.82) is 0 Å². The van der Waals surface area contributed by atoms with Gasteiger partial charge in [-0.05, 0) is 33.1 Å². The first kappa shape index (κ1) is 20.1. The minimum absolute atomic E-state index is 0.0794. The molecule has 1 aliphatic carbocycles. The van der Waals surface area contributed by atoms with Crippen LogP contribution < -0.4 is 10.6 Å². The van der Waals surface area contributed by atoms with Crippen LogP contribution in [-0.2, 0) is 29.6 Å². The van der Waals surface area contributed by atoms with Crippen molar-refractivity contribution in [1.82, 2.24) is 25.6 Å². The Morgan fingerprint density at radius 1 is 1.36 bits per heavy atom. The molecule has 0 aliphatic heterocycles. The van der Waals surface area contributed by atoms with Crippen LogP contribution in [0.2, 0.25) is 0 Å². The summed E-state index contributed by atoms with van der Waals surface area (Å²) >= 11 is 0. The number of aliphatic hydroxyl groups excluding tert-OH is 1. The lowest BCUT2D eigenvalue weighted by Crippen LogP contribution is -2.49. The van der Waals surface area contributed by atoms with E-state index in [4.69, 9.17) is 4.52 Å². The van der Waals surface area contributed by atoms with E-state index in [2.05, 4.69) is 20.9 Å². The van der Waals surface area contributed by atoms with Crippen molar-refractivity contribution in [2.45, 2.75) is 58.2 Å². The number of amides is 2. The fourth-order valence-corrected chi connectivity index (χ4v) is 3.62. The lowest BCUT2D eigenvalue weighted by Gasteiger charge is -2.32. The number of rotatable bonds is 6. The second-order valence-corrected chi connectivity index (χ2v) is 7.49. The van der Waals surface area contributed by atoms with Gasteiger partial charge in [0.05, 0.1) is 30.0 Å². The van der Waals surface area contributed by atoms with Crippen LogP contribution in [0.1, 0.15) is 42.0 Å². The van der Waals surface area contributed by atoms with Gasteiger partial charge in [0.2, 0.25) is 11.8 Å². The van der Waals surface area contributed by atoms with Crippen LogP contribution in [0.3, 0.4) is 0 Å². The molecule has 2 heterocycles. The molecule has 9 nitrogen and oxygen atoms in total. The zero-order valence-corrected chi connectivity index (χ0v) is 16.4. The molecule has 1 saturated carbocycles. The molecule has 0 saturated heterocycles. The molecule has 0 unspecified atom stereocenters. The van der Waals surface area contributed by atoms with Gasteiger partial charge in [-0.1, -0.05) is 5.16 Å². The standard InChI is InChI=1S/C19H27N5O4/c1-11-6-15(28-23-11)8-18(26)21-16-5-4-13(7-17(16)25)19(27)20-9-14-10-24(3)22-12(14)2/h6,10,13,16-17,25H,4-5,7-9H2,1-3H3,(H,20,27)(H,21,26)/t13-,16-,17-/m0/s1. The van der Waals surface area contributed by atoms with Gasteiger partial charge < -0.3 is 20.3 Å². The number of aromatic nitrogens is 3. The van der Waals surface area contributed by atoms with Crippen LogP contribution >= 0.6 is 0 Å². The van der Waals surface area contributed by atoms with Gasteiger partial charge in [0.1, 0.15) is 5.76 Å². The summed E-state index contributed by atoms with van der Waals surface area (Å²) < 4.78 is 6.76. The van der Waals surface area contributed by atoms with Crippen molar-refractivity contribution >= 4 is 11.8 Å². The Balaban J connectivity index is 1.45. The first-order chi connectivity index (χ1) is 13.3. The summed E-state index contributed by atoms with van der Waals surface area (Å²) in [6, 6.07) is 1.35. The zero-order chi connectivity index (χ0) is 20.3. The minimum Gasteiger partial charge on any atom is -0.391 e. The summed E-state index contributed by atoms with van der Waals surface area (Å²) in [5.41, 5.74) is 2.58. The van der Waals surface area contributed by atoms with Crippen LogP contribution in [0.15, 0.2) is 16.8 Å². The normalized spacial score (nSPS) is 22.1. The van der Waals surface area contributed by atoms with E-state index < -0.39 is 6.10 Å². The summed E-state index contributed by atoms with van der Waals surface area (Å²) in [4.78, 5) is 24.6. The maximum Gasteiger partial charge on any atom is 0.228 e. The third-order valence-corrected chi connectivity index (χ3v) is 5.11. The molecule has 3 atom stereocenters. The van der Waals surface area contributed by atoms with Gasteiger partial charge >= 0.3 is 0 Å². The Kier molecular flexibility index (Phi) is 6.13. The lowest BCUT2D eigenvalue weighted by atomic mass is 9.83. The molecule has 152 valence electrons. The van der Waals surface area contributed by atoms with E-state index in [0.29, 0.717) is 31.6 Å². The maximum atomic E-state index is 12.5. The third-order valence-electron chi connectivity index (χ3n) is 5.11. The van der Waals surface area contributed by atoms with E-state index in [-0.39, 0.29) is 30.2 Å². The fraction of sp³-hybridized carbons (Fsp3) is 0.579. The average Bonchev–Trinajstić information content (AvgIpc) is 3.18. The van der Waals surface area contributed by atoms with Crippen LogP contribution in [0.25, 0.3) is 0 Å². The number of carbonyl (C=O) groups excluding carboxylic acids is 2. The molecule has 2 aromatic heterocycles. The Labute approximate surface area is 163 Å². The monoisotopic (exact) mass is 389 g/mol. The van der Waals surface area contributed by atoms with Crippen LogP contribution in [0.5, 0.6) is 0 Å². The van der Waals surface area contributed by atoms with Crippen molar-refractivity contribution in [3.63, 3.8) is 0 Å². The van der Waals surface area contributed by atoms with Gasteiger partial charge in [-0.15, -0.1) is 0 Å². The molecular formula is C19H27N5O4. The molecular weight excluding hydrogens is 362 g/mol. The van der Waals surface area contributed by atoms with Gasteiger partial charge in [-0.2, -0.15) is 5.10 Å². The van der Waals surface area contributed by atoms with E-state index in [1.54, 1.807) is 17.7 Å². The van der Waals surface area contributed by atoms with E-state index in [9.17, 15) is 14.7 Å². The number of nitrogens with one attached hydrogen (secondary N) is 2. The molecule has 1 fully saturated rings. The Morgan fingerprint density at radius 2 is 2.14 bits per heavy atom. The first-order valence-corrected chi connectivity index (χ1v) is 9.48. The number of aryl methyl sites for hydroxylation is 3. The van der Waals surface area contributed by atoms with E-state index >= 15 is 0 Å². The number of nitrogens with zero attached hydrogens (tertiary/aromatic N) is 3. The van der Waals surface area contributed by atoms with Crippen molar-refractivity contribution in [2.24, 2.45) is 13.0 Å². The smallest absolute Gasteiger partial charge is 0.228 e. The topological polar surface area (TPSA) is 122 Å². The third kappa shape index (κ3) is 4.98. The summed E-state index contributed by atoms with van der Waals surface area (Å²) in [7, 11) is 1.84. The van der Waals surface area contributed by atoms with Gasteiger partial charge in [-0.3, -0.25) is 14.3 Å². The number of carbonyl (C=O) groups is 2. The van der Waals surface area contributed by atoms with E-state index in [1.165, 1.54) is 0 Å². The molecule has 1 aliphatic rings. The van der Waals surface area contributed by atoms with Crippen molar-refractivity contribution in [3.05, 3.63) is 35.0 Å². The van der Waals surface area contributed by atoms with Crippen LogP contribution in [0.4, 0.5) is 0 Å². The SMILES string of the molecule is Cc1cc(CC(=O)N[C@H]2CC[C@H](C(=O)NCc3cn(C)nc3C)C[C@@H]2O)on1. The van der Waals surface area contributed by atoms with Gasteiger partial charge in [-0.25, -0.2) is 0 Å². The zero-order valence-electron chi connectivity index (χ0n) is 16.4. The minimum atomic E-state index is -0.759. The molecule has 0 aromatic carbocycles. The molecule has 28 heavy (non-hydrogen) atoms. The second kappa shape index (κ2) is 8.55. The Morgan fingerprint density at radius 3 is 2.75 bits per heavy atom. The number of hydrogen-bond donors (Lipinski definition) is 3. The molecule has 3 rings (SSSR count). The quantitative estimate of drug-likeness (QED) is 0.662. The summed E-state index contributed by atoms with van der Waals surface area (Å²) in [5, 5.41) is 24.2.